The van der Waals surface area contributed by atoms with E-state index >= 15 is 0 Å². The third kappa shape index (κ3) is 6.71. The van der Waals surface area contributed by atoms with Gasteiger partial charge in [0.2, 0.25) is 5.88 Å². The molecule has 2 atom stereocenters. The van der Waals surface area contributed by atoms with E-state index in [4.69, 9.17) is 20.2 Å². The SMILES string of the molecule is CC(C)Oc1ccc(-c2ccc(C(=O)NS(=O)(=O)C3=NC(N)=CCC3C)c(N3CCC(Oc4ccccc4)C3)n2)cn1. The molecule has 0 aliphatic carbocycles. The smallest absolute Gasteiger partial charge is 0.278 e. The van der Waals surface area contributed by atoms with E-state index in [2.05, 4.69) is 14.7 Å². The zero-order valence-corrected chi connectivity index (χ0v) is 24.5. The highest BCUT2D eigenvalue weighted by Gasteiger charge is 2.33. The van der Waals surface area contributed by atoms with E-state index in [1.807, 2.05) is 55.1 Å². The lowest BCUT2D eigenvalue weighted by Gasteiger charge is -2.22. The highest BCUT2D eigenvalue weighted by atomic mass is 32.2. The molecule has 1 fully saturated rings. The number of nitrogens with one attached hydrogen (secondary N) is 1. The van der Waals surface area contributed by atoms with Crippen LogP contribution in [-0.2, 0) is 10.0 Å². The van der Waals surface area contributed by atoms with Crippen molar-refractivity contribution in [1.29, 1.82) is 0 Å². The molecule has 42 heavy (non-hydrogen) atoms. The molecular weight excluding hydrogens is 556 g/mol. The maximum Gasteiger partial charge on any atom is 0.278 e. The van der Waals surface area contributed by atoms with Gasteiger partial charge >= 0.3 is 0 Å². The number of nitrogens with two attached hydrogens (primary N) is 1. The first kappa shape index (κ1) is 29.1. The van der Waals surface area contributed by atoms with Gasteiger partial charge in [0.05, 0.1) is 23.9 Å². The fraction of sp³-hybridized carbons (Fsp3) is 0.333. The molecule has 1 saturated heterocycles. The Morgan fingerprint density at radius 2 is 1.90 bits per heavy atom. The number of pyridine rings is 2. The van der Waals surface area contributed by atoms with Gasteiger partial charge in [0.15, 0.2) is 5.04 Å². The number of amides is 1. The monoisotopic (exact) mass is 590 g/mol. The summed E-state index contributed by atoms with van der Waals surface area (Å²) in [6.45, 7) is 6.58. The van der Waals surface area contributed by atoms with Gasteiger partial charge < -0.3 is 20.1 Å². The van der Waals surface area contributed by atoms with E-state index in [-0.39, 0.29) is 28.6 Å². The minimum absolute atomic E-state index is 0.0154. The van der Waals surface area contributed by atoms with Gasteiger partial charge in [-0.25, -0.2) is 19.7 Å². The molecule has 0 bridgehead atoms. The Balaban J connectivity index is 1.45. The van der Waals surface area contributed by atoms with Crippen LogP contribution in [-0.4, -0.2) is 54.6 Å². The minimum atomic E-state index is -4.25. The fourth-order valence-electron chi connectivity index (χ4n) is 4.81. The molecule has 2 aliphatic rings. The van der Waals surface area contributed by atoms with Crippen molar-refractivity contribution in [3.8, 4) is 22.9 Å². The molecule has 220 valence electrons. The molecule has 1 amide bonds. The molecule has 0 spiro atoms. The van der Waals surface area contributed by atoms with Gasteiger partial charge in [0.25, 0.3) is 15.9 Å². The lowest BCUT2D eigenvalue weighted by molar-refractivity contribution is 0.0982. The highest BCUT2D eigenvalue weighted by Crippen LogP contribution is 2.29. The van der Waals surface area contributed by atoms with Crippen LogP contribution in [0.15, 0.2) is 77.7 Å². The third-order valence-corrected chi connectivity index (χ3v) is 8.34. The Labute approximate surface area is 245 Å². The molecule has 0 radical (unpaired) electrons. The van der Waals surface area contributed by atoms with Gasteiger partial charge in [0.1, 0.15) is 23.5 Å². The van der Waals surface area contributed by atoms with Crippen LogP contribution >= 0.6 is 0 Å². The summed E-state index contributed by atoms with van der Waals surface area (Å²) in [4.78, 5) is 28.6. The Kier molecular flexibility index (Phi) is 8.44. The molecular formula is C30H34N6O5S. The standard InChI is InChI=1S/C30H34N6O5S/c1-19(2)40-27-14-10-21(17-32-27)25-12-11-24(29(37)35-42(38,39)30-20(3)9-13-26(31)34-30)28(33-25)36-16-15-23(18-36)41-22-7-5-4-6-8-22/h4-8,10-14,17,19-20,23H,9,15-16,18,31H2,1-3H3,(H,35,37). The van der Waals surface area contributed by atoms with E-state index in [9.17, 15) is 13.2 Å². The number of para-hydroxylation sites is 1. The van der Waals surface area contributed by atoms with Crippen LogP contribution in [0.3, 0.4) is 0 Å². The number of hydrogen-bond acceptors (Lipinski definition) is 10. The van der Waals surface area contributed by atoms with E-state index in [0.29, 0.717) is 43.3 Å². The normalized spacial score (nSPS) is 18.8. The van der Waals surface area contributed by atoms with Crippen molar-refractivity contribution >= 4 is 26.8 Å². The van der Waals surface area contributed by atoms with Gasteiger partial charge in [-0.1, -0.05) is 25.1 Å². The molecule has 12 heteroatoms. The van der Waals surface area contributed by atoms with Crippen LogP contribution in [0.5, 0.6) is 11.6 Å². The zero-order chi connectivity index (χ0) is 29.9. The van der Waals surface area contributed by atoms with Crippen molar-refractivity contribution in [3.63, 3.8) is 0 Å². The van der Waals surface area contributed by atoms with E-state index < -0.39 is 21.8 Å². The lowest BCUT2D eigenvalue weighted by atomic mass is 10.1. The molecule has 11 nitrogen and oxygen atoms in total. The lowest BCUT2D eigenvalue weighted by Crippen LogP contribution is -2.40. The first-order chi connectivity index (χ1) is 20.1. The zero-order valence-electron chi connectivity index (χ0n) is 23.7. The van der Waals surface area contributed by atoms with Crippen molar-refractivity contribution in [2.45, 2.75) is 45.8 Å². The Morgan fingerprint density at radius 1 is 1.12 bits per heavy atom. The minimum Gasteiger partial charge on any atom is -0.489 e. The summed E-state index contributed by atoms with van der Waals surface area (Å²) >= 11 is 0. The number of allylic oxidation sites excluding steroid dienone is 1. The quantitative estimate of drug-likeness (QED) is 0.418. The van der Waals surface area contributed by atoms with Crippen LogP contribution in [0.25, 0.3) is 11.3 Å². The van der Waals surface area contributed by atoms with Gasteiger partial charge in [-0.05, 0) is 56.7 Å². The average molecular weight is 591 g/mol. The largest absolute Gasteiger partial charge is 0.489 e. The number of benzene rings is 1. The summed E-state index contributed by atoms with van der Waals surface area (Å²) < 4.78 is 40.4. The summed E-state index contributed by atoms with van der Waals surface area (Å²) in [6.07, 6.45) is 4.26. The number of aromatic nitrogens is 2. The number of carbonyl (C=O) groups excluding carboxylic acids is 1. The average Bonchev–Trinajstić information content (AvgIpc) is 3.42. The summed E-state index contributed by atoms with van der Waals surface area (Å²) in [5.74, 6) is 0.463. The van der Waals surface area contributed by atoms with E-state index in [1.54, 1.807) is 37.4 Å². The number of carbonyl (C=O) groups is 1. The number of anilines is 1. The van der Waals surface area contributed by atoms with Gasteiger partial charge in [-0.3, -0.25) is 4.79 Å². The number of nitrogens with zero attached hydrogens (tertiary/aromatic N) is 4. The molecule has 5 rings (SSSR count). The van der Waals surface area contributed by atoms with Crippen molar-refractivity contribution in [3.05, 3.63) is 78.3 Å². The van der Waals surface area contributed by atoms with Crippen molar-refractivity contribution in [1.82, 2.24) is 14.7 Å². The molecule has 2 unspecified atom stereocenters. The molecule has 2 aromatic heterocycles. The van der Waals surface area contributed by atoms with Gasteiger partial charge in [0, 0.05) is 36.7 Å². The highest BCUT2D eigenvalue weighted by molar-refractivity contribution is 8.05. The number of sulfonamides is 1. The van der Waals surface area contributed by atoms with Crippen molar-refractivity contribution in [2.24, 2.45) is 16.6 Å². The molecule has 2 aliphatic heterocycles. The Bertz CT molecular complexity index is 1610. The van der Waals surface area contributed by atoms with E-state index in [0.717, 1.165) is 11.3 Å². The second kappa shape index (κ2) is 12.2. The molecule has 3 N–H and O–H groups in total. The van der Waals surface area contributed by atoms with E-state index in [1.165, 1.54) is 0 Å². The van der Waals surface area contributed by atoms with Gasteiger partial charge in [-0.2, -0.15) is 8.42 Å². The van der Waals surface area contributed by atoms with Crippen LogP contribution in [0, 0.1) is 5.92 Å². The molecule has 1 aromatic carbocycles. The molecule has 0 saturated carbocycles. The first-order valence-corrected chi connectivity index (χ1v) is 15.3. The van der Waals surface area contributed by atoms with Crippen molar-refractivity contribution in [2.75, 3.05) is 18.0 Å². The van der Waals surface area contributed by atoms with Crippen LogP contribution in [0.2, 0.25) is 0 Å². The first-order valence-electron chi connectivity index (χ1n) is 13.8. The number of rotatable bonds is 7. The predicted octanol–water partition coefficient (Wildman–Crippen LogP) is 3.89. The van der Waals surface area contributed by atoms with Crippen LogP contribution in [0.1, 0.15) is 44.0 Å². The van der Waals surface area contributed by atoms with Gasteiger partial charge in [-0.15, -0.1) is 0 Å². The summed E-state index contributed by atoms with van der Waals surface area (Å²) in [7, 11) is -4.25. The fourth-order valence-corrected chi connectivity index (χ4v) is 6.12. The Morgan fingerprint density at radius 3 is 2.62 bits per heavy atom. The summed E-state index contributed by atoms with van der Waals surface area (Å²) in [5, 5.41) is -0.172. The van der Waals surface area contributed by atoms with Crippen LogP contribution in [0.4, 0.5) is 5.82 Å². The summed E-state index contributed by atoms with van der Waals surface area (Å²) in [6, 6.07) is 16.4. The molecule has 3 aromatic rings. The Hall–Kier alpha value is -4.45. The topological polar surface area (TPSA) is 149 Å². The number of hydrogen-bond donors (Lipinski definition) is 2. The second-order valence-electron chi connectivity index (χ2n) is 10.6. The molecule has 4 heterocycles. The summed E-state index contributed by atoms with van der Waals surface area (Å²) in [5.41, 5.74) is 7.17. The predicted molar refractivity (Wildman–Crippen MR) is 161 cm³/mol. The third-order valence-electron chi connectivity index (χ3n) is 6.84. The van der Waals surface area contributed by atoms with Crippen molar-refractivity contribution < 1.29 is 22.7 Å². The second-order valence-corrected chi connectivity index (χ2v) is 12.2. The maximum atomic E-state index is 13.5. The maximum absolute atomic E-state index is 13.5. The number of aliphatic imine (C=N–C) groups is 1. The van der Waals surface area contributed by atoms with Crippen LogP contribution < -0.4 is 24.8 Å². The number of ether oxygens (including phenoxy) is 2.